The number of aromatic hydroxyl groups is 2. The number of benzene rings is 8. The maximum atomic E-state index is 17.0. The first-order valence-electron chi connectivity index (χ1n) is 33.6. The summed E-state index contributed by atoms with van der Waals surface area (Å²) in [5, 5.41) is 30.6. The summed E-state index contributed by atoms with van der Waals surface area (Å²) in [5.41, 5.74) is 13.6. The number of hydrogen-bond acceptors (Lipinski definition) is 4. The lowest BCUT2D eigenvalue weighted by molar-refractivity contribution is 0.237. The van der Waals surface area contributed by atoms with Crippen molar-refractivity contribution in [1.29, 1.82) is 0 Å². The van der Waals surface area contributed by atoms with Crippen molar-refractivity contribution in [2.45, 2.75) is 218 Å². The molecule has 10 aromatic rings. The van der Waals surface area contributed by atoms with Crippen LogP contribution in [0.2, 0.25) is 0 Å². The van der Waals surface area contributed by atoms with E-state index in [9.17, 15) is 10.2 Å². The molecule has 0 aliphatic rings. The molecule has 0 aliphatic carbocycles. The van der Waals surface area contributed by atoms with E-state index < -0.39 is 22.5 Å². The van der Waals surface area contributed by atoms with Crippen molar-refractivity contribution < 1.29 is 28.5 Å². The summed E-state index contributed by atoms with van der Waals surface area (Å²) in [6.45, 7) is 52.9. The first kappa shape index (κ1) is 68.3. The van der Waals surface area contributed by atoms with Gasteiger partial charge in [-0.3, -0.25) is 0 Å². The van der Waals surface area contributed by atoms with Crippen LogP contribution in [0.15, 0.2) is 121 Å². The van der Waals surface area contributed by atoms with E-state index in [1.807, 2.05) is 38.1 Å². The molecule has 2 N–H and O–H groups in total. The summed E-state index contributed by atoms with van der Waals surface area (Å²) in [7, 11) is 0. The van der Waals surface area contributed by atoms with Crippen molar-refractivity contribution in [3.05, 3.63) is 177 Å². The van der Waals surface area contributed by atoms with E-state index in [1.165, 1.54) is 34.4 Å². The number of phenols is 2. The Balaban J connectivity index is 1.06. The van der Waals surface area contributed by atoms with Crippen molar-refractivity contribution in [2.75, 3.05) is 13.2 Å². The molecule has 0 fully saturated rings. The van der Waals surface area contributed by atoms with E-state index in [1.54, 1.807) is 0 Å². The number of nitrogens with zero attached hydrogens (tertiary/aromatic N) is 2. The van der Waals surface area contributed by atoms with Crippen molar-refractivity contribution in [2.24, 2.45) is 10.8 Å². The fourth-order valence-electron chi connectivity index (χ4n) is 14.6. The number of rotatable bonds is 14. The smallest absolute Gasteiger partial charge is 0.165 e. The van der Waals surface area contributed by atoms with Gasteiger partial charge in [-0.1, -0.05) is 177 Å². The SMILES string of the molecule is Cc1cc(F)c(OCCCOc2c(F)cc(C)cc2-c2cc(C(C)(C)CC(C)(C)C)cc(-n3c4ccc(C(C)(C)C)cc4c4cc(C(C)(C)C)ccc43)c2O)c(-c2cc(C(C)(C)CC(C)(C)C)cc(-n3c4ccc(C(C)(C)C)cc4c4cc(C(C)(C)C)ccc43)c2O)c1. The molecule has 2 aromatic heterocycles. The lowest BCUT2D eigenvalue weighted by Gasteiger charge is -2.34. The van der Waals surface area contributed by atoms with Gasteiger partial charge in [-0.15, -0.1) is 0 Å². The van der Waals surface area contributed by atoms with Gasteiger partial charge in [0.25, 0.3) is 0 Å². The van der Waals surface area contributed by atoms with Gasteiger partial charge in [0.1, 0.15) is 11.5 Å². The molecule has 0 spiro atoms. The van der Waals surface area contributed by atoms with E-state index >= 15 is 8.78 Å². The van der Waals surface area contributed by atoms with Gasteiger partial charge in [-0.05, 0) is 212 Å². The summed E-state index contributed by atoms with van der Waals surface area (Å²) in [6.07, 6.45) is 1.90. The highest BCUT2D eigenvalue weighted by Crippen LogP contribution is 2.51. The largest absolute Gasteiger partial charge is 0.505 e. The van der Waals surface area contributed by atoms with Gasteiger partial charge in [0, 0.05) is 50.2 Å². The molecule has 0 aliphatic heterocycles. The van der Waals surface area contributed by atoms with Crippen molar-refractivity contribution >= 4 is 43.6 Å². The van der Waals surface area contributed by atoms with Gasteiger partial charge in [0.2, 0.25) is 0 Å². The van der Waals surface area contributed by atoms with Gasteiger partial charge < -0.3 is 28.8 Å². The van der Waals surface area contributed by atoms with Crippen molar-refractivity contribution in [3.63, 3.8) is 0 Å². The standard InChI is InChI=1S/C85H104F2N2O4/c1-50-36-64(62-44-56(84(21,22)48-78(3,4)5)46-72(74(62)90)88-68-30-26-52(80(9,10)11)40-58(68)59-41-53(81(12,13)14)27-31-69(59)88)76(66(86)38-50)92-34-25-35-93-77-65(37-51(2)39-67(77)87)63-45-57(85(23,24)49-79(6,7)8)47-73(75(63)91)89-70-32-28-54(82(15,16)17)42-60(70)61-43-55(83(18,19)20)29-33-71(61)89/h26-33,36-47,90-91H,25,34-35,48-49H2,1-24H3. The molecule has 0 saturated heterocycles. The zero-order valence-corrected chi connectivity index (χ0v) is 60.4. The van der Waals surface area contributed by atoms with Crippen LogP contribution >= 0.6 is 0 Å². The van der Waals surface area contributed by atoms with Crippen LogP contribution in [0.5, 0.6) is 23.0 Å². The van der Waals surface area contributed by atoms with E-state index in [2.05, 4.69) is 246 Å². The van der Waals surface area contributed by atoms with Crippen LogP contribution in [0.25, 0.3) is 77.2 Å². The third kappa shape index (κ3) is 13.7. The molecule has 10 rings (SSSR count). The molecule has 492 valence electrons. The predicted molar refractivity (Wildman–Crippen MR) is 390 cm³/mol. The first-order valence-corrected chi connectivity index (χ1v) is 33.6. The van der Waals surface area contributed by atoms with Crippen LogP contribution in [0.3, 0.4) is 0 Å². The van der Waals surface area contributed by atoms with E-state index in [4.69, 9.17) is 9.47 Å². The summed E-state index contributed by atoms with van der Waals surface area (Å²) < 4.78 is 51.6. The van der Waals surface area contributed by atoms with Crippen LogP contribution < -0.4 is 9.47 Å². The molecular weight excluding hydrogens is 1150 g/mol. The summed E-state index contributed by atoms with van der Waals surface area (Å²) in [5.74, 6) is -1.11. The second-order valence-corrected chi connectivity index (χ2v) is 34.9. The molecule has 8 heteroatoms. The third-order valence-corrected chi connectivity index (χ3v) is 18.9. The van der Waals surface area contributed by atoms with Crippen LogP contribution in [0, 0.1) is 36.3 Å². The minimum atomic E-state index is -0.563. The average molecular weight is 1260 g/mol. The quantitative estimate of drug-likeness (QED) is 0.106. The van der Waals surface area contributed by atoms with Crippen LogP contribution in [-0.4, -0.2) is 32.6 Å². The second-order valence-electron chi connectivity index (χ2n) is 34.9. The van der Waals surface area contributed by atoms with Crippen molar-refractivity contribution in [3.8, 4) is 56.6 Å². The van der Waals surface area contributed by atoms with E-state index in [0.29, 0.717) is 44.8 Å². The molecule has 2 heterocycles. The highest BCUT2D eigenvalue weighted by atomic mass is 19.1. The number of halogens is 2. The number of ether oxygens (including phenoxy) is 2. The zero-order valence-electron chi connectivity index (χ0n) is 60.4. The summed E-state index contributed by atoms with van der Waals surface area (Å²) >= 11 is 0. The monoisotopic (exact) mass is 1250 g/mol. The lowest BCUT2D eigenvalue weighted by Crippen LogP contribution is -2.25. The minimum absolute atomic E-state index is 0.00292. The minimum Gasteiger partial charge on any atom is -0.505 e. The molecule has 6 nitrogen and oxygen atoms in total. The topological polar surface area (TPSA) is 68.8 Å². The molecule has 0 saturated carbocycles. The van der Waals surface area contributed by atoms with Gasteiger partial charge in [0.15, 0.2) is 23.1 Å². The number of aromatic nitrogens is 2. The number of phenolic OH excluding ortho intramolecular Hbond substituents is 2. The van der Waals surface area contributed by atoms with Gasteiger partial charge in [-0.25, -0.2) is 8.78 Å². The molecule has 0 amide bonds. The van der Waals surface area contributed by atoms with E-state index in [-0.39, 0.29) is 75.1 Å². The van der Waals surface area contributed by atoms with Gasteiger partial charge in [0.05, 0.1) is 46.7 Å². The average Bonchev–Trinajstić information content (AvgIpc) is 1.63. The maximum Gasteiger partial charge on any atom is 0.165 e. The Kier molecular flexibility index (Phi) is 17.4. The predicted octanol–water partition coefficient (Wildman–Crippen LogP) is 24.0. The Morgan fingerprint density at radius 3 is 0.882 bits per heavy atom. The molecule has 0 atom stereocenters. The van der Waals surface area contributed by atoms with Crippen LogP contribution in [0.1, 0.15) is 216 Å². The Morgan fingerprint density at radius 1 is 0.344 bits per heavy atom. The highest BCUT2D eigenvalue weighted by Gasteiger charge is 2.35. The molecule has 8 aromatic carbocycles. The summed E-state index contributed by atoms with van der Waals surface area (Å²) in [4.78, 5) is 0. The normalized spacial score (nSPS) is 13.4. The highest BCUT2D eigenvalue weighted by molar-refractivity contribution is 6.11. The molecular formula is C85H104F2N2O4. The number of fused-ring (bicyclic) bond motifs is 6. The fraction of sp³-hybridized carbons (Fsp3) is 0.435. The van der Waals surface area contributed by atoms with Gasteiger partial charge in [-0.2, -0.15) is 0 Å². The maximum absolute atomic E-state index is 17.0. The molecule has 0 bridgehead atoms. The Morgan fingerprint density at radius 2 is 0.624 bits per heavy atom. The zero-order chi connectivity index (χ0) is 68.4. The van der Waals surface area contributed by atoms with Crippen LogP contribution in [-0.2, 0) is 32.5 Å². The third-order valence-electron chi connectivity index (χ3n) is 18.9. The van der Waals surface area contributed by atoms with Crippen LogP contribution in [0.4, 0.5) is 8.78 Å². The van der Waals surface area contributed by atoms with E-state index in [0.717, 1.165) is 67.6 Å². The van der Waals surface area contributed by atoms with Gasteiger partial charge >= 0.3 is 0 Å². The van der Waals surface area contributed by atoms with Crippen molar-refractivity contribution in [1.82, 2.24) is 9.13 Å². The first-order chi connectivity index (χ1) is 42.8. The molecule has 0 radical (unpaired) electrons. The summed E-state index contributed by atoms with van der Waals surface area (Å²) in [6, 6.07) is 41.7. The Labute approximate surface area is 554 Å². The lowest BCUT2D eigenvalue weighted by atomic mass is 9.71. The number of hydrogen-bond donors (Lipinski definition) is 2. The second kappa shape index (κ2) is 23.7. The Bertz CT molecular complexity index is 4110. The fourth-order valence-corrected chi connectivity index (χ4v) is 14.6. The molecule has 93 heavy (non-hydrogen) atoms. The number of aryl methyl sites for hydroxylation is 2. The Hall–Kier alpha value is -7.58. The molecule has 0 unspecified atom stereocenters.